The van der Waals surface area contributed by atoms with Crippen molar-refractivity contribution in [1.82, 2.24) is 19.6 Å². The summed E-state index contributed by atoms with van der Waals surface area (Å²) in [5.41, 5.74) is 3.24. The van der Waals surface area contributed by atoms with Gasteiger partial charge >= 0.3 is 0 Å². The Morgan fingerprint density at radius 1 is 0.931 bits per heavy atom. The van der Waals surface area contributed by atoms with Crippen molar-refractivity contribution < 1.29 is 4.39 Å². The first-order valence-corrected chi connectivity index (χ1v) is 10.2. The summed E-state index contributed by atoms with van der Waals surface area (Å²) >= 11 is 5.60. The van der Waals surface area contributed by atoms with Gasteiger partial charge in [0.15, 0.2) is 5.11 Å². The van der Waals surface area contributed by atoms with Gasteiger partial charge < -0.3 is 10.2 Å². The molecule has 0 saturated carbocycles. The molecule has 5 nitrogen and oxygen atoms in total. The van der Waals surface area contributed by atoms with Gasteiger partial charge in [-0.2, -0.15) is 5.10 Å². The third-order valence-electron chi connectivity index (χ3n) is 5.05. The van der Waals surface area contributed by atoms with E-state index in [1.807, 2.05) is 41.2 Å². The number of nitrogens with zero attached hydrogens (tertiary/aromatic N) is 4. The van der Waals surface area contributed by atoms with Crippen LogP contribution in [0.1, 0.15) is 11.1 Å². The van der Waals surface area contributed by atoms with Crippen LogP contribution in [-0.2, 0) is 13.1 Å². The third kappa shape index (κ3) is 5.40. The first-order chi connectivity index (χ1) is 14.2. The van der Waals surface area contributed by atoms with E-state index in [1.165, 1.54) is 17.7 Å². The minimum atomic E-state index is -0.193. The average Bonchev–Trinajstić information content (AvgIpc) is 3.17. The molecule has 4 rings (SSSR count). The Balaban J connectivity index is 1.25. The summed E-state index contributed by atoms with van der Waals surface area (Å²) in [6.45, 7) is 5.15. The van der Waals surface area contributed by atoms with Crippen LogP contribution in [0, 0.1) is 5.82 Å². The molecular formula is C22H24FN5S. The van der Waals surface area contributed by atoms with Gasteiger partial charge in [-0.25, -0.2) is 4.39 Å². The van der Waals surface area contributed by atoms with Gasteiger partial charge in [-0.1, -0.05) is 42.5 Å². The van der Waals surface area contributed by atoms with Crippen LogP contribution in [0.4, 0.5) is 10.1 Å². The molecule has 1 fully saturated rings. The molecule has 0 unspecified atom stereocenters. The number of hydrogen-bond acceptors (Lipinski definition) is 3. The van der Waals surface area contributed by atoms with Gasteiger partial charge in [0.1, 0.15) is 5.82 Å². The van der Waals surface area contributed by atoms with Crippen molar-refractivity contribution in [2.75, 3.05) is 31.5 Å². The second kappa shape index (κ2) is 9.15. The fraction of sp³-hybridized carbons (Fsp3) is 0.273. The summed E-state index contributed by atoms with van der Waals surface area (Å²) in [6.07, 6.45) is 3.78. The predicted molar refractivity (Wildman–Crippen MR) is 117 cm³/mol. The van der Waals surface area contributed by atoms with Crippen LogP contribution in [0.15, 0.2) is 67.0 Å². The molecular weight excluding hydrogens is 385 g/mol. The van der Waals surface area contributed by atoms with Crippen molar-refractivity contribution in [3.63, 3.8) is 0 Å². The van der Waals surface area contributed by atoms with Crippen LogP contribution in [0.3, 0.4) is 0 Å². The summed E-state index contributed by atoms with van der Waals surface area (Å²) in [4.78, 5) is 4.55. The smallest absolute Gasteiger partial charge is 0.173 e. The van der Waals surface area contributed by atoms with Gasteiger partial charge in [-0.3, -0.25) is 9.58 Å². The Bertz CT molecular complexity index is 933. The first kappa shape index (κ1) is 19.5. The molecule has 29 heavy (non-hydrogen) atoms. The van der Waals surface area contributed by atoms with E-state index in [4.69, 9.17) is 12.2 Å². The molecule has 1 aliphatic heterocycles. The third-order valence-corrected chi connectivity index (χ3v) is 5.41. The minimum absolute atomic E-state index is 0.193. The van der Waals surface area contributed by atoms with Crippen LogP contribution in [-0.4, -0.2) is 50.9 Å². The van der Waals surface area contributed by atoms with E-state index >= 15 is 0 Å². The second-order valence-electron chi connectivity index (χ2n) is 7.23. The maximum Gasteiger partial charge on any atom is 0.173 e. The number of aromatic nitrogens is 2. The van der Waals surface area contributed by atoms with Gasteiger partial charge in [0, 0.05) is 38.9 Å². The molecule has 2 aromatic carbocycles. The highest BCUT2D eigenvalue weighted by Crippen LogP contribution is 2.13. The second-order valence-corrected chi connectivity index (χ2v) is 7.62. The molecule has 1 aliphatic rings. The number of nitrogens with one attached hydrogen (secondary N) is 1. The van der Waals surface area contributed by atoms with Gasteiger partial charge in [0.2, 0.25) is 0 Å². The molecule has 0 radical (unpaired) electrons. The lowest BCUT2D eigenvalue weighted by molar-refractivity contribution is 0.177. The Morgan fingerprint density at radius 3 is 2.34 bits per heavy atom. The monoisotopic (exact) mass is 409 g/mol. The molecule has 0 bridgehead atoms. The molecule has 150 valence electrons. The van der Waals surface area contributed by atoms with Crippen molar-refractivity contribution in [2.45, 2.75) is 13.1 Å². The average molecular weight is 410 g/mol. The molecule has 0 amide bonds. The van der Waals surface area contributed by atoms with Crippen LogP contribution in [0.2, 0.25) is 0 Å². The van der Waals surface area contributed by atoms with Crippen LogP contribution in [0.25, 0.3) is 0 Å². The van der Waals surface area contributed by atoms with Crippen molar-refractivity contribution in [3.05, 3.63) is 83.9 Å². The van der Waals surface area contributed by atoms with E-state index in [2.05, 4.69) is 32.3 Å². The summed E-state index contributed by atoms with van der Waals surface area (Å²) < 4.78 is 15.0. The largest absolute Gasteiger partial charge is 0.346 e. The Labute approximate surface area is 175 Å². The number of anilines is 1. The quantitative estimate of drug-likeness (QED) is 0.652. The number of hydrogen-bond donors (Lipinski definition) is 1. The van der Waals surface area contributed by atoms with E-state index in [9.17, 15) is 4.39 Å². The first-order valence-electron chi connectivity index (χ1n) is 9.75. The number of halogens is 1. The lowest BCUT2D eigenvalue weighted by Gasteiger charge is -2.36. The number of thiocarbonyl (C=S) groups is 1. The number of rotatable bonds is 5. The topological polar surface area (TPSA) is 36.3 Å². The van der Waals surface area contributed by atoms with Crippen molar-refractivity contribution >= 4 is 23.0 Å². The molecule has 2 heterocycles. The zero-order chi connectivity index (χ0) is 20.1. The Kier molecular flexibility index (Phi) is 6.17. The standard InChI is InChI=1S/C22H24FN5S/c23-20-8-6-19(7-9-20)15-26-10-12-27(13-11-26)22(29)25-21-14-24-28(17-21)16-18-4-2-1-3-5-18/h1-9,14,17H,10-13,15-16H2,(H,25,29). The van der Waals surface area contributed by atoms with Gasteiger partial charge in [0.25, 0.3) is 0 Å². The fourth-order valence-corrected chi connectivity index (χ4v) is 3.75. The van der Waals surface area contributed by atoms with Crippen LogP contribution < -0.4 is 5.32 Å². The molecule has 0 aliphatic carbocycles. The van der Waals surface area contributed by atoms with Crippen molar-refractivity contribution in [3.8, 4) is 0 Å². The van der Waals surface area contributed by atoms with Crippen LogP contribution >= 0.6 is 12.2 Å². The highest BCUT2D eigenvalue weighted by molar-refractivity contribution is 7.80. The maximum atomic E-state index is 13.0. The van der Waals surface area contributed by atoms with Gasteiger partial charge in [0.05, 0.1) is 18.4 Å². The molecule has 0 atom stereocenters. The van der Waals surface area contributed by atoms with E-state index in [1.54, 1.807) is 6.20 Å². The molecule has 1 N–H and O–H groups in total. The Hall–Kier alpha value is -2.77. The summed E-state index contributed by atoms with van der Waals surface area (Å²) in [5, 5.41) is 8.45. The van der Waals surface area contributed by atoms with Crippen molar-refractivity contribution in [1.29, 1.82) is 0 Å². The zero-order valence-corrected chi connectivity index (χ0v) is 17.0. The van der Waals surface area contributed by atoms with E-state index in [-0.39, 0.29) is 5.82 Å². The highest BCUT2D eigenvalue weighted by atomic mass is 32.1. The van der Waals surface area contributed by atoms with E-state index < -0.39 is 0 Å². The van der Waals surface area contributed by atoms with E-state index in [0.717, 1.165) is 55.6 Å². The molecule has 1 saturated heterocycles. The summed E-state index contributed by atoms with van der Waals surface area (Å²) in [6, 6.07) is 17.0. The highest BCUT2D eigenvalue weighted by Gasteiger charge is 2.19. The lowest BCUT2D eigenvalue weighted by atomic mass is 10.2. The lowest BCUT2D eigenvalue weighted by Crippen LogP contribution is -2.49. The normalized spacial score (nSPS) is 14.7. The van der Waals surface area contributed by atoms with Gasteiger partial charge in [-0.05, 0) is 35.5 Å². The van der Waals surface area contributed by atoms with E-state index in [0.29, 0.717) is 0 Å². The molecule has 1 aromatic heterocycles. The minimum Gasteiger partial charge on any atom is -0.346 e. The molecule has 3 aromatic rings. The summed E-state index contributed by atoms with van der Waals surface area (Å²) in [5.74, 6) is -0.193. The zero-order valence-electron chi connectivity index (χ0n) is 16.2. The maximum absolute atomic E-state index is 13.0. The summed E-state index contributed by atoms with van der Waals surface area (Å²) in [7, 11) is 0. The Morgan fingerprint density at radius 2 is 1.62 bits per heavy atom. The SMILES string of the molecule is Fc1ccc(CN2CCN(C(=S)Nc3cnn(Cc4ccccc4)c3)CC2)cc1. The fourth-order valence-electron chi connectivity index (χ4n) is 3.44. The number of benzene rings is 2. The van der Waals surface area contributed by atoms with Gasteiger partial charge in [-0.15, -0.1) is 0 Å². The van der Waals surface area contributed by atoms with Crippen molar-refractivity contribution in [2.24, 2.45) is 0 Å². The molecule has 7 heteroatoms. The van der Waals surface area contributed by atoms with Crippen LogP contribution in [0.5, 0.6) is 0 Å². The molecule has 0 spiro atoms. The number of piperazine rings is 1. The predicted octanol–water partition coefficient (Wildman–Crippen LogP) is 3.59.